The normalized spacial score (nSPS) is 11.0. The number of aliphatic imine (C=N–C) groups is 2. The third-order valence-electron chi connectivity index (χ3n) is 5.81. The number of guanidine groups is 2. The van der Waals surface area contributed by atoms with Crippen LogP contribution in [0.15, 0.2) is 58.5 Å². The molecule has 15 nitrogen and oxygen atoms in total. The largest absolute Gasteiger partial charge is 0.370 e. The number of hydrogen-bond acceptors (Lipinski definition) is 6. The zero-order valence-electron chi connectivity index (χ0n) is 21.7. The van der Waals surface area contributed by atoms with Crippen molar-refractivity contribution in [2.75, 3.05) is 31.5 Å². The zero-order valence-corrected chi connectivity index (χ0v) is 21.7. The van der Waals surface area contributed by atoms with Crippen LogP contribution in [0, 0.1) is 11.5 Å². The van der Waals surface area contributed by atoms with E-state index in [9.17, 15) is 14.4 Å². The second-order valence-corrected chi connectivity index (χ2v) is 8.75. The first kappa shape index (κ1) is 28.0. The van der Waals surface area contributed by atoms with Crippen molar-refractivity contribution in [2.24, 2.45) is 27.2 Å². The molecule has 0 fully saturated rings. The fourth-order valence-corrected chi connectivity index (χ4v) is 3.92. The molecule has 0 saturated heterocycles. The van der Waals surface area contributed by atoms with Crippen LogP contribution in [-0.4, -0.2) is 65.8 Å². The van der Waals surface area contributed by atoms with Crippen molar-refractivity contribution in [3.63, 3.8) is 0 Å². The van der Waals surface area contributed by atoms with Gasteiger partial charge in [-0.3, -0.25) is 29.7 Å². The summed E-state index contributed by atoms with van der Waals surface area (Å²) in [5, 5.41) is 20.4. The van der Waals surface area contributed by atoms with Gasteiger partial charge in [-0.1, -0.05) is 6.07 Å². The van der Waals surface area contributed by atoms with Crippen LogP contribution < -0.4 is 38.5 Å². The van der Waals surface area contributed by atoms with Crippen LogP contribution in [-0.2, 0) is 0 Å². The molecule has 0 aliphatic carbocycles. The molecule has 2 aromatic heterocycles. The number of carbonyl (C=O) groups is 3. The molecule has 2 heterocycles. The number of fused-ring (bicyclic) bond motifs is 2. The van der Waals surface area contributed by atoms with Crippen LogP contribution in [0.2, 0.25) is 0 Å². The van der Waals surface area contributed by atoms with E-state index in [4.69, 9.17) is 22.5 Å². The lowest BCUT2D eigenvalue weighted by atomic mass is 10.1. The Bertz CT molecular complexity index is 1710. The Labute approximate surface area is 233 Å². The topological polar surface area (TPSA) is 257 Å². The molecule has 0 saturated carbocycles. The Kier molecular flexibility index (Phi) is 8.65. The summed E-state index contributed by atoms with van der Waals surface area (Å²) in [6, 6.07) is 13.6. The number of rotatable bonds is 10. The van der Waals surface area contributed by atoms with Crippen LogP contribution in [0.4, 0.5) is 5.69 Å². The molecule has 0 aliphatic heterocycles. The van der Waals surface area contributed by atoms with Crippen molar-refractivity contribution in [1.82, 2.24) is 25.9 Å². The van der Waals surface area contributed by atoms with Gasteiger partial charge < -0.3 is 43.1 Å². The first-order valence-corrected chi connectivity index (χ1v) is 12.4. The average Bonchev–Trinajstić information content (AvgIpc) is 3.57. The molecule has 0 unspecified atom stereocenters. The summed E-state index contributed by atoms with van der Waals surface area (Å²) in [6.45, 7) is 0.965. The van der Waals surface area contributed by atoms with E-state index < -0.39 is 0 Å². The number of nitrogens with two attached hydrogens (primary N) is 3. The van der Waals surface area contributed by atoms with Crippen LogP contribution in [0.5, 0.6) is 0 Å². The molecule has 0 spiro atoms. The summed E-state index contributed by atoms with van der Waals surface area (Å²) in [6.07, 6.45) is 1.66. The lowest BCUT2D eigenvalue weighted by Gasteiger charge is -2.04. The maximum absolute atomic E-state index is 12.9. The minimum Gasteiger partial charge on any atom is -0.370 e. The number of nitriles is 1. The first-order chi connectivity index (χ1) is 19.7. The number of nitrogens with zero attached hydrogens (tertiary/aromatic N) is 3. The summed E-state index contributed by atoms with van der Waals surface area (Å²) in [7, 11) is 0. The highest BCUT2D eigenvalue weighted by Crippen LogP contribution is 2.22. The third-order valence-corrected chi connectivity index (χ3v) is 5.81. The van der Waals surface area contributed by atoms with Gasteiger partial charge in [-0.2, -0.15) is 5.26 Å². The molecule has 2 aromatic carbocycles. The van der Waals surface area contributed by atoms with Crippen LogP contribution in [0.3, 0.4) is 0 Å². The van der Waals surface area contributed by atoms with E-state index in [-0.39, 0.29) is 55.8 Å². The predicted molar refractivity (Wildman–Crippen MR) is 155 cm³/mol. The molecule has 0 radical (unpaired) electrons. The van der Waals surface area contributed by atoms with Crippen molar-refractivity contribution in [3.05, 3.63) is 65.5 Å². The van der Waals surface area contributed by atoms with E-state index in [0.29, 0.717) is 39.1 Å². The van der Waals surface area contributed by atoms with E-state index in [1.807, 2.05) is 0 Å². The van der Waals surface area contributed by atoms with Crippen LogP contribution in [0.1, 0.15) is 31.3 Å². The molecule has 12 N–H and O–H groups in total. The molecule has 3 amide bonds. The number of carbonyl (C=O) groups excluding carboxylic acids is 3. The molecule has 41 heavy (non-hydrogen) atoms. The Hall–Kier alpha value is -6.04. The van der Waals surface area contributed by atoms with Gasteiger partial charge in [0.05, 0.1) is 13.1 Å². The second kappa shape index (κ2) is 12.7. The zero-order chi connectivity index (χ0) is 29.4. The van der Waals surface area contributed by atoms with Crippen molar-refractivity contribution in [3.8, 4) is 6.19 Å². The Morgan fingerprint density at radius 2 is 1.46 bits per heavy atom. The highest BCUT2D eigenvalue weighted by Gasteiger charge is 2.14. The van der Waals surface area contributed by atoms with E-state index in [2.05, 4.69) is 41.2 Å². The van der Waals surface area contributed by atoms with E-state index in [1.165, 1.54) is 0 Å². The molecular weight excluding hydrogens is 528 g/mol. The average molecular weight is 557 g/mol. The SMILES string of the molecule is N#CNC(N)=NCCNC(=O)c1cc2ccc(NC(=O)c3cc4cc(C(=O)NCCN=C(N)N)ccc4[nH]3)cc2[nH]1. The maximum Gasteiger partial charge on any atom is 0.272 e. The van der Waals surface area contributed by atoms with Crippen molar-refractivity contribution < 1.29 is 14.4 Å². The lowest BCUT2D eigenvalue weighted by molar-refractivity contribution is 0.0944. The number of hydrogen-bond donors (Lipinski definition) is 9. The number of nitrogens with one attached hydrogen (secondary N) is 6. The van der Waals surface area contributed by atoms with E-state index in [1.54, 1.807) is 54.7 Å². The van der Waals surface area contributed by atoms with Gasteiger partial charge in [0, 0.05) is 46.1 Å². The number of aromatic amines is 2. The molecule has 210 valence electrons. The summed E-state index contributed by atoms with van der Waals surface area (Å²) in [5.41, 5.74) is 18.9. The van der Waals surface area contributed by atoms with Gasteiger partial charge in [0.2, 0.25) is 5.96 Å². The molecule has 4 aromatic rings. The van der Waals surface area contributed by atoms with Crippen molar-refractivity contribution in [1.29, 1.82) is 5.26 Å². The van der Waals surface area contributed by atoms with Gasteiger partial charge in [-0.15, -0.1) is 0 Å². The van der Waals surface area contributed by atoms with Crippen molar-refractivity contribution >= 4 is 57.1 Å². The van der Waals surface area contributed by atoms with Gasteiger partial charge in [0.15, 0.2) is 12.2 Å². The number of anilines is 1. The predicted octanol–water partition coefficient (Wildman–Crippen LogP) is 0.0199. The summed E-state index contributed by atoms with van der Waals surface area (Å²) in [5.74, 6) is -1.08. The van der Waals surface area contributed by atoms with Crippen molar-refractivity contribution in [2.45, 2.75) is 0 Å². The minimum atomic E-state index is -0.376. The van der Waals surface area contributed by atoms with E-state index in [0.717, 1.165) is 5.39 Å². The highest BCUT2D eigenvalue weighted by atomic mass is 16.2. The second-order valence-electron chi connectivity index (χ2n) is 8.75. The monoisotopic (exact) mass is 556 g/mol. The molecule has 0 aliphatic rings. The third kappa shape index (κ3) is 7.29. The number of aromatic nitrogens is 2. The maximum atomic E-state index is 12.9. The molecule has 0 atom stereocenters. The lowest BCUT2D eigenvalue weighted by Crippen LogP contribution is -2.30. The quantitative estimate of drug-likeness (QED) is 0.0422. The summed E-state index contributed by atoms with van der Waals surface area (Å²) in [4.78, 5) is 51.6. The summed E-state index contributed by atoms with van der Waals surface area (Å²) >= 11 is 0. The number of benzene rings is 2. The smallest absolute Gasteiger partial charge is 0.272 e. The fraction of sp³-hybridized carbons (Fsp3) is 0.154. The summed E-state index contributed by atoms with van der Waals surface area (Å²) < 4.78 is 0. The van der Waals surface area contributed by atoms with Gasteiger partial charge in [0.1, 0.15) is 11.4 Å². The highest BCUT2D eigenvalue weighted by molar-refractivity contribution is 6.08. The fourth-order valence-electron chi connectivity index (χ4n) is 3.92. The van der Waals surface area contributed by atoms with E-state index >= 15 is 0 Å². The van der Waals surface area contributed by atoms with Gasteiger partial charge in [-0.25, -0.2) is 0 Å². The van der Waals surface area contributed by atoms with Crippen LogP contribution in [0.25, 0.3) is 21.8 Å². The standard InChI is InChI=1S/C26H28N12O3/c27-13-35-26(30)34-8-6-32-23(40)20-10-14-1-3-17(12-19(14)38-20)36-24(41)21-11-16-9-15(2-4-18(16)37-21)22(39)31-5-7-33-25(28)29/h1-4,9-12,37-38H,5-8H2,(H,31,39)(H,32,40)(H,36,41)(H4,28,29,33)(H3,30,34,35). The van der Waals surface area contributed by atoms with Gasteiger partial charge in [0.25, 0.3) is 17.7 Å². The van der Waals surface area contributed by atoms with Gasteiger partial charge >= 0.3 is 0 Å². The Morgan fingerprint density at radius 1 is 0.780 bits per heavy atom. The molecular formula is C26H28N12O3. The van der Waals surface area contributed by atoms with Crippen LogP contribution >= 0.6 is 0 Å². The Morgan fingerprint density at radius 3 is 2.22 bits per heavy atom. The minimum absolute atomic E-state index is 0.0289. The molecule has 0 bridgehead atoms. The van der Waals surface area contributed by atoms with Gasteiger partial charge in [-0.05, 0) is 42.5 Å². The first-order valence-electron chi connectivity index (χ1n) is 12.4. The number of H-pyrrole nitrogens is 2. The molecule has 4 rings (SSSR count). The molecule has 15 heteroatoms. The number of amides is 3. The Balaban J connectivity index is 1.38.